The molecule has 19 heavy (non-hydrogen) atoms. The van der Waals surface area contributed by atoms with Crippen molar-refractivity contribution in [3.63, 3.8) is 0 Å². The zero-order valence-electron chi connectivity index (χ0n) is 11.9. The van der Waals surface area contributed by atoms with Crippen LogP contribution in [0.2, 0.25) is 0 Å². The molecule has 0 aliphatic heterocycles. The smallest absolute Gasteiger partial charge is 0.0587 e. The van der Waals surface area contributed by atoms with Crippen LogP contribution in [0.1, 0.15) is 32.4 Å². The van der Waals surface area contributed by atoms with Crippen molar-refractivity contribution in [2.75, 3.05) is 6.61 Å². The Hall–Kier alpha value is -1.38. The Labute approximate surface area is 115 Å². The minimum Gasteiger partial charge on any atom is -0.395 e. The van der Waals surface area contributed by atoms with Crippen LogP contribution in [0.3, 0.4) is 0 Å². The van der Waals surface area contributed by atoms with Crippen molar-refractivity contribution in [3.8, 4) is 0 Å². The monoisotopic (exact) mass is 257 g/mol. The van der Waals surface area contributed by atoms with Gasteiger partial charge in [0.1, 0.15) is 0 Å². The molecule has 0 bridgehead atoms. The van der Waals surface area contributed by atoms with Crippen LogP contribution < -0.4 is 5.32 Å². The SMILES string of the molecule is CC(NC(CO)C(C)C)c1cccc2ccccc12. The van der Waals surface area contributed by atoms with Crippen molar-refractivity contribution in [3.05, 3.63) is 48.0 Å². The van der Waals surface area contributed by atoms with Crippen molar-refractivity contribution >= 4 is 10.8 Å². The summed E-state index contributed by atoms with van der Waals surface area (Å²) in [5.74, 6) is 0.419. The molecule has 0 saturated carbocycles. The molecule has 2 rings (SSSR count). The molecule has 0 aromatic heterocycles. The van der Waals surface area contributed by atoms with Gasteiger partial charge in [-0.1, -0.05) is 56.3 Å². The Balaban J connectivity index is 2.28. The van der Waals surface area contributed by atoms with Gasteiger partial charge in [-0.15, -0.1) is 0 Å². The number of fused-ring (bicyclic) bond motifs is 1. The van der Waals surface area contributed by atoms with E-state index < -0.39 is 0 Å². The van der Waals surface area contributed by atoms with E-state index in [1.807, 2.05) is 0 Å². The van der Waals surface area contributed by atoms with Crippen LogP contribution in [-0.4, -0.2) is 17.8 Å². The number of benzene rings is 2. The molecule has 102 valence electrons. The first kappa shape index (κ1) is 14.0. The molecule has 2 heteroatoms. The van der Waals surface area contributed by atoms with Crippen LogP contribution in [0, 0.1) is 5.92 Å². The molecule has 0 spiro atoms. The van der Waals surface area contributed by atoms with Gasteiger partial charge < -0.3 is 10.4 Å². The highest BCUT2D eigenvalue weighted by Crippen LogP contribution is 2.24. The molecule has 2 aromatic rings. The number of aliphatic hydroxyl groups is 1. The molecule has 2 aromatic carbocycles. The lowest BCUT2D eigenvalue weighted by molar-refractivity contribution is 0.201. The van der Waals surface area contributed by atoms with Crippen molar-refractivity contribution in [1.29, 1.82) is 0 Å². The molecular formula is C17H23NO. The van der Waals surface area contributed by atoms with Gasteiger partial charge in [0, 0.05) is 12.1 Å². The summed E-state index contributed by atoms with van der Waals surface area (Å²) in [6.07, 6.45) is 0. The predicted octanol–water partition coefficient (Wildman–Crippen LogP) is 3.51. The lowest BCUT2D eigenvalue weighted by Crippen LogP contribution is -2.38. The van der Waals surface area contributed by atoms with E-state index in [1.54, 1.807) is 0 Å². The van der Waals surface area contributed by atoms with Crippen molar-refractivity contribution in [1.82, 2.24) is 5.32 Å². The van der Waals surface area contributed by atoms with Crippen molar-refractivity contribution in [2.24, 2.45) is 5.92 Å². The van der Waals surface area contributed by atoms with Crippen LogP contribution in [0.25, 0.3) is 10.8 Å². The zero-order chi connectivity index (χ0) is 13.8. The highest BCUT2D eigenvalue weighted by Gasteiger charge is 2.16. The summed E-state index contributed by atoms with van der Waals surface area (Å²) in [4.78, 5) is 0. The largest absolute Gasteiger partial charge is 0.395 e. The minimum absolute atomic E-state index is 0.133. The van der Waals surface area contributed by atoms with E-state index in [-0.39, 0.29) is 18.7 Å². The summed E-state index contributed by atoms with van der Waals surface area (Å²) in [6, 6.07) is 15.2. The fourth-order valence-corrected chi connectivity index (χ4v) is 2.49. The molecule has 2 nitrogen and oxygen atoms in total. The number of hydrogen-bond acceptors (Lipinski definition) is 2. The highest BCUT2D eigenvalue weighted by atomic mass is 16.3. The molecule has 0 amide bonds. The standard InChI is InChI=1S/C17H23NO/c1-12(2)17(11-19)18-13(3)15-10-6-8-14-7-4-5-9-16(14)15/h4-10,12-13,17-19H,11H2,1-3H3. The van der Waals surface area contributed by atoms with Crippen LogP contribution in [-0.2, 0) is 0 Å². The van der Waals surface area contributed by atoms with E-state index in [2.05, 4.69) is 68.6 Å². The second-order valence-electron chi connectivity index (χ2n) is 5.49. The number of hydrogen-bond donors (Lipinski definition) is 2. The maximum absolute atomic E-state index is 9.44. The van der Waals surface area contributed by atoms with E-state index in [9.17, 15) is 5.11 Å². The molecule has 0 heterocycles. The zero-order valence-corrected chi connectivity index (χ0v) is 11.9. The van der Waals surface area contributed by atoms with Crippen LogP contribution in [0.4, 0.5) is 0 Å². The summed E-state index contributed by atoms with van der Waals surface area (Å²) in [5, 5.41) is 15.5. The van der Waals surface area contributed by atoms with Gasteiger partial charge in [-0.05, 0) is 29.2 Å². The van der Waals surface area contributed by atoms with Gasteiger partial charge in [0.15, 0.2) is 0 Å². The van der Waals surface area contributed by atoms with Gasteiger partial charge in [0.05, 0.1) is 6.61 Å². The van der Waals surface area contributed by atoms with E-state index in [0.717, 1.165) is 0 Å². The Morgan fingerprint density at radius 2 is 1.68 bits per heavy atom. The van der Waals surface area contributed by atoms with E-state index in [1.165, 1.54) is 16.3 Å². The molecule has 2 N–H and O–H groups in total. The van der Waals surface area contributed by atoms with E-state index in [0.29, 0.717) is 5.92 Å². The topological polar surface area (TPSA) is 32.3 Å². The minimum atomic E-state index is 0.133. The molecule has 2 unspecified atom stereocenters. The lowest BCUT2D eigenvalue weighted by Gasteiger charge is -2.25. The Morgan fingerprint density at radius 3 is 2.37 bits per heavy atom. The first-order valence-electron chi connectivity index (χ1n) is 6.98. The summed E-state index contributed by atoms with van der Waals surface area (Å²) in [7, 11) is 0. The summed E-state index contributed by atoms with van der Waals surface area (Å²) in [6.45, 7) is 6.59. The van der Waals surface area contributed by atoms with Crippen LogP contribution in [0.15, 0.2) is 42.5 Å². The quantitative estimate of drug-likeness (QED) is 0.859. The average molecular weight is 257 g/mol. The molecule has 0 radical (unpaired) electrons. The normalized spacial score (nSPS) is 14.8. The van der Waals surface area contributed by atoms with Crippen molar-refractivity contribution in [2.45, 2.75) is 32.9 Å². The van der Waals surface area contributed by atoms with Gasteiger partial charge in [-0.2, -0.15) is 0 Å². The molecular weight excluding hydrogens is 234 g/mol. The number of rotatable bonds is 5. The average Bonchev–Trinajstić information content (AvgIpc) is 2.43. The highest BCUT2D eigenvalue weighted by molar-refractivity contribution is 5.86. The van der Waals surface area contributed by atoms with Crippen molar-refractivity contribution < 1.29 is 5.11 Å². The van der Waals surface area contributed by atoms with Gasteiger partial charge >= 0.3 is 0 Å². The first-order chi connectivity index (χ1) is 9.13. The predicted molar refractivity (Wildman–Crippen MR) is 81.2 cm³/mol. The first-order valence-corrected chi connectivity index (χ1v) is 6.98. The second-order valence-corrected chi connectivity index (χ2v) is 5.49. The van der Waals surface area contributed by atoms with E-state index in [4.69, 9.17) is 0 Å². The number of nitrogens with one attached hydrogen (secondary N) is 1. The molecule has 0 fully saturated rings. The number of aliphatic hydroxyl groups excluding tert-OH is 1. The lowest BCUT2D eigenvalue weighted by atomic mass is 9.97. The molecule has 2 atom stereocenters. The maximum atomic E-state index is 9.44. The Morgan fingerprint density at radius 1 is 1.00 bits per heavy atom. The fourth-order valence-electron chi connectivity index (χ4n) is 2.49. The molecule has 0 aliphatic carbocycles. The molecule has 0 aliphatic rings. The Kier molecular flexibility index (Phi) is 4.56. The third-order valence-electron chi connectivity index (χ3n) is 3.76. The van der Waals surface area contributed by atoms with Gasteiger partial charge in [0.25, 0.3) is 0 Å². The molecule has 0 saturated heterocycles. The van der Waals surface area contributed by atoms with Gasteiger partial charge in [-0.25, -0.2) is 0 Å². The van der Waals surface area contributed by atoms with Gasteiger partial charge in [-0.3, -0.25) is 0 Å². The summed E-state index contributed by atoms with van der Waals surface area (Å²) < 4.78 is 0. The second kappa shape index (κ2) is 6.18. The fraction of sp³-hybridized carbons (Fsp3) is 0.412. The van der Waals surface area contributed by atoms with Gasteiger partial charge in [0.2, 0.25) is 0 Å². The van der Waals surface area contributed by atoms with Crippen LogP contribution in [0.5, 0.6) is 0 Å². The third-order valence-corrected chi connectivity index (χ3v) is 3.76. The summed E-state index contributed by atoms with van der Waals surface area (Å²) in [5.41, 5.74) is 1.29. The maximum Gasteiger partial charge on any atom is 0.0587 e. The third kappa shape index (κ3) is 3.14. The summed E-state index contributed by atoms with van der Waals surface area (Å²) >= 11 is 0. The Bertz CT molecular complexity index is 530. The van der Waals surface area contributed by atoms with Crippen LogP contribution >= 0.6 is 0 Å². The van der Waals surface area contributed by atoms with E-state index >= 15 is 0 Å².